The highest BCUT2D eigenvalue weighted by Gasteiger charge is 2.35. The van der Waals surface area contributed by atoms with Crippen LogP contribution in [0.15, 0.2) is 34.1 Å². The van der Waals surface area contributed by atoms with E-state index in [1.54, 1.807) is 10.5 Å². The Kier molecular flexibility index (Phi) is 4.71. The summed E-state index contributed by atoms with van der Waals surface area (Å²) in [5.41, 5.74) is 1.58. The van der Waals surface area contributed by atoms with E-state index in [9.17, 15) is 0 Å². The Hall–Kier alpha value is -0.0800. The minimum atomic E-state index is 0.621. The van der Waals surface area contributed by atoms with E-state index in [-0.39, 0.29) is 0 Å². The van der Waals surface area contributed by atoms with E-state index >= 15 is 0 Å². The molecule has 2 heteroatoms. The van der Waals surface area contributed by atoms with Crippen molar-refractivity contribution in [3.05, 3.63) is 34.1 Å². The van der Waals surface area contributed by atoms with Gasteiger partial charge in [0.25, 0.3) is 0 Å². The van der Waals surface area contributed by atoms with E-state index in [2.05, 4.69) is 58.2 Å². The van der Waals surface area contributed by atoms with Crippen LogP contribution in [0.5, 0.6) is 0 Å². The lowest BCUT2D eigenvalue weighted by Gasteiger charge is -2.22. The molecule has 2 unspecified atom stereocenters. The van der Waals surface area contributed by atoms with Crippen LogP contribution >= 0.6 is 23.5 Å². The molecule has 0 aromatic heterocycles. The summed E-state index contributed by atoms with van der Waals surface area (Å²) in [5, 5.41) is 1.34. The summed E-state index contributed by atoms with van der Waals surface area (Å²) in [6, 6.07) is 0. The first-order chi connectivity index (χ1) is 8.49. The Morgan fingerprint density at radius 2 is 2.22 bits per heavy atom. The molecule has 18 heavy (non-hydrogen) atoms. The number of hydrogen-bond donors (Lipinski definition) is 0. The molecule has 0 spiro atoms. The lowest BCUT2D eigenvalue weighted by Crippen LogP contribution is -2.20. The molecule has 0 nitrogen and oxygen atoms in total. The van der Waals surface area contributed by atoms with Crippen LogP contribution in [-0.4, -0.2) is 10.5 Å². The van der Waals surface area contributed by atoms with Crippen LogP contribution in [-0.2, 0) is 0 Å². The molecule has 2 aliphatic rings. The van der Waals surface area contributed by atoms with Gasteiger partial charge < -0.3 is 0 Å². The van der Waals surface area contributed by atoms with Crippen molar-refractivity contribution in [2.24, 2.45) is 11.8 Å². The van der Waals surface area contributed by atoms with E-state index in [1.165, 1.54) is 17.7 Å². The lowest BCUT2D eigenvalue weighted by molar-refractivity contribution is 0.625. The predicted molar refractivity (Wildman–Crippen MR) is 87.0 cm³/mol. The molecule has 1 aliphatic carbocycles. The summed E-state index contributed by atoms with van der Waals surface area (Å²) in [4.78, 5) is 2.86. The average Bonchev–Trinajstić information content (AvgIpc) is 2.83. The van der Waals surface area contributed by atoms with Gasteiger partial charge in [-0.15, -0.1) is 23.5 Å². The molecule has 1 aliphatic heterocycles. The van der Waals surface area contributed by atoms with Gasteiger partial charge in [-0.2, -0.15) is 0 Å². The third-order valence-corrected chi connectivity index (χ3v) is 6.81. The second-order valence-electron chi connectivity index (χ2n) is 5.76. The number of rotatable bonds is 4. The van der Waals surface area contributed by atoms with Gasteiger partial charge in [0, 0.05) is 16.4 Å². The summed E-state index contributed by atoms with van der Waals surface area (Å²) in [6.07, 6.45) is 7.52. The van der Waals surface area contributed by atoms with E-state index in [4.69, 9.17) is 0 Å². The monoisotopic (exact) mass is 280 g/mol. The van der Waals surface area contributed by atoms with Crippen molar-refractivity contribution >= 4 is 23.5 Å². The maximum atomic E-state index is 4.06. The molecule has 0 amide bonds. The normalized spacial score (nSPS) is 31.7. The van der Waals surface area contributed by atoms with Crippen molar-refractivity contribution in [3.8, 4) is 0 Å². The first-order valence-corrected chi connectivity index (χ1v) is 8.62. The second-order valence-corrected chi connectivity index (χ2v) is 8.49. The Balaban J connectivity index is 2.13. The Morgan fingerprint density at radius 1 is 1.50 bits per heavy atom. The minimum absolute atomic E-state index is 0.621. The highest BCUT2D eigenvalue weighted by Crippen LogP contribution is 2.49. The van der Waals surface area contributed by atoms with Gasteiger partial charge in [-0.25, -0.2) is 0 Å². The molecule has 1 heterocycles. The van der Waals surface area contributed by atoms with Gasteiger partial charge in [0.05, 0.1) is 0 Å². The smallest absolute Gasteiger partial charge is 0.0406 e. The van der Waals surface area contributed by atoms with Crippen molar-refractivity contribution in [2.75, 3.05) is 0 Å². The first-order valence-electron chi connectivity index (χ1n) is 6.86. The zero-order valence-electron chi connectivity index (χ0n) is 11.9. The molecular formula is C16H24S2. The fraction of sp³-hybridized carbons (Fsp3) is 0.625. The fourth-order valence-electron chi connectivity index (χ4n) is 2.78. The SMILES string of the molecule is C=C(C)SC1C=C([C@H]2CCC=C2C)SC1C(C)C. The summed E-state index contributed by atoms with van der Waals surface area (Å²) in [5.74, 6) is 1.44. The maximum absolute atomic E-state index is 4.06. The Labute approximate surface area is 120 Å². The molecule has 0 fully saturated rings. The summed E-state index contributed by atoms with van der Waals surface area (Å²) >= 11 is 4.08. The second kappa shape index (κ2) is 5.92. The largest absolute Gasteiger partial charge is 0.125 e. The van der Waals surface area contributed by atoms with Gasteiger partial charge in [0.1, 0.15) is 0 Å². The van der Waals surface area contributed by atoms with Gasteiger partial charge in [0.2, 0.25) is 0 Å². The van der Waals surface area contributed by atoms with Crippen LogP contribution < -0.4 is 0 Å². The van der Waals surface area contributed by atoms with Crippen LogP contribution in [0.1, 0.15) is 40.5 Å². The molecule has 0 aromatic carbocycles. The summed E-state index contributed by atoms with van der Waals surface area (Å²) in [6.45, 7) is 13.2. The zero-order valence-corrected chi connectivity index (χ0v) is 13.5. The molecular weight excluding hydrogens is 256 g/mol. The van der Waals surface area contributed by atoms with Gasteiger partial charge >= 0.3 is 0 Å². The molecule has 0 saturated heterocycles. The lowest BCUT2D eigenvalue weighted by atomic mass is 10.0. The van der Waals surface area contributed by atoms with Crippen LogP contribution in [0.2, 0.25) is 0 Å². The summed E-state index contributed by atoms with van der Waals surface area (Å²) in [7, 11) is 0. The highest BCUT2D eigenvalue weighted by molar-refractivity contribution is 8.08. The van der Waals surface area contributed by atoms with Crippen molar-refractivity contribution in [2.45, 2.75) is 51.0 Å². The molecule has 2 rings (SSSR count). The third-order valence-electron chi connectivity index (χ3n) is 3.73. The Morgan fingerprint density at radius 3 is 2.72 bits per heavy atom. The van der Waals surface area contributed by atoms with Crippen molar-refractivity contribution < 1.29 is 0 Å². The zero-order chi connectivity index (χ0) is 13.3. The molecule has 0 aromatic rings. The van der Waals surface area contributed by atoms with E-state index in [0.29, 0.717) is 11.2 Å². The molecule has 0 N–H and O–H groups in total. The maximum Gasteiger partial charge on any atom is 0.0406 e. The number of thioether (sulfide) groups is 2. The number of allylic oxidation sites excluding steroid dienone is 4. The van der Waals surface area contributed by atoms with Crippen molar-refractivity contribution in [1.82, 2.24) is 0 Å². The molecule has 100 valence electrons. The van der Waals surface area contributed by atoms with Gasteiger partial charge in [-0.3, -0.25) is 0 Å². The average molecular weight is 281 g/mol. The highest BCUT2D eigenvalue weighted by atomic mass is 32.2. The van der Waals surface area contributed by atoms with Gasteiger partial charge in [-0.05, 0) is 42.4 Å². The molecule has 3 atom stereocenters. The van der Waals surface area contributed by atoms with Gasteiger partial charge in [0.15, 0.2) is 0 Å². The Bertz CT molecular complexity index is 390. The van der Waals surface area contributed by atoms with E-state index in [0.717, 1.165) is 11.2 Å². The van der Waals surface area contributed by atoms with Crippen LogP contribution in [0.25, 0.3) is 0 Å². The van der Waals surface area contributed by atoms with Crippen LogP contribution in [0.4, 0.5) is 0 Å². The third kappa shape index (κ3) is 3.08. The standard InChI is InChI=1S/C16H24S2/c1-10(2)16-15(17-11(3)4)9-14(18-16)13-8-6-7-12(13)5/h7,9-10,13,15-16H,3,6,8H2,1-2,4-5H3/t13-,15?,16?/m0/s1. The van der Waals surface area contributed by atoms with E-state index < -0.39 is 0 Å². The van der Waals surface area contributed by atoms with Gasteiger partial charge in [-0.1, -0.05) is 38.2 Å². The topological polar surface area (TPSA) is 0 Å². The quantitative estimate of drug-likeness (QED) is 0.612. The molecule has 0 bridgehead atoms. The number of hydrogen-bond acceptors (Lipinski definition) is 2. The van der Waals surface area contributed by atoms with Crippen LogP contribution in [0.3, 0.4) is 0 Å². The molecule has 0 saturated carbocycles. The van der Waals surface area contributed by atoms with Crippen molar-refractivity contribution in [1.29, 1.82) is 0 Å². The van der Waals surface area contributed by atoms with E-state index in [1.807, 2.05) is 11.8 Å². The summed E-state index contributed by atoms with van der Waals surface area (Å²) < 4.78 is 0. The predicted octanol–water partition coefficient (Wildman–Crippen LogP) is 5.63. The minimum Gasteiger partial charge on any atom is -0.125 e. The van der Waals surface area contributed by atoms with Crippen LogP contribution in [0, 0.1) is 11.8 Å². The molecule has 0 radical (unpaired) electrons. The fourth-order valence-corrected chi connectivity index (χ4v) is 5.82. The first kappa shape index (κ1) is 14.3. The van der Waals surface area contributed by atoms with Crippen molar-refractivity contribution in [3.63, 3.8) is 0 Å².